The van der Waals surface area contributed by atoms with Gasteiger partial charge in [-0.2, -0.15) is 0 Å². The van der Waals surface area contributed by atoms with Gasteiger partial charge in [-0.3, -0.25) is 0 Å². The topological polar surface area (TPSA) is 50.4 Å². The molecular weight excluding hydrogens is 284 g/mol. The minimum absolute atomic E-state index is 0.110. The first-order valence-electron chi connectivity index (χ1n) is 6.94. The number of urea groups is 1. The third kappa shape index (κ3) is 5.11. The van der Waals surface area contributed by atoms with Gasteiger partial charge in [0.2, 0.25) is 0 Å². The van der Waals surface area contributed by atoms with Gasteiger partial charge in [0, 0.05) is 17.0 Å². The second-order valence-electron chi connectivity index (χ2n) is 4.89. The number of rotatable bonds is 6. The Labute approximate surface area is 129 Å². The molecule has 2 aromatic rings. The quantitative estimate of drug-likeness (QED) is 0.857. The van der Waals surface area contributed by atoms with Gasteiger partial charge in [-0.05, 0) is 31.4 Å². The molecule has 1 heterocycles. The standard InChI is InChI=1S/C16H20N2O2S/c1-12(2)20-15-8-4-3-6-13(15)10-17-16(19)18-11-14-7-5-9-21-14/h3-9,12H,10-11H2,1-2H3,(H2,17,18,19). The van der Waals surface area contributed by atoms with E-state index in [1.165, 1.54) is 0 Å². The summed E-state index contributed by atoms with van der Waals surface area (Å²) < 4.78 is 5.73. The number of amides is 2. The van der Waals surface area contributed by atoms with E-state index in [1.54, 1.807) is 11.3 Å². The Bertz CT molecular complexity index is 567. The van der Waals surface area contributed by atoms with Crippen molar-refractivity contribution >= 4 is 17.4 Å². The lowest BCUT2D eigenvalue weighted by Crippen LogP contribution is -2.34. The maximum Gasteiger partial charge on any atom is 0.315 e. The lowest BCUT2D eigenvalue weighted by molar-refractivity contribution is 0.235. The fourth-order valence-electron chi connectivity index (χ4n) is 1.84. The molecule has 0 atom stereocenters. The number of para-hydroxylation sites is 1. The predicted octanol–water partition coefficient (Wildman–Crippen LogP) is 3.53. The zero-order chi connectivity index (χ0) is 15.1. The van der Waals surface area contributed by atoms with Crippen LogP contribution in [-0.2, 0) is 13.1 Å². The Morgan fingerprint density at radius 1 is 1.14 bits per heavy atom. The highest BCUT2D eigenvalue weighted by atomic mass is 32.1. The highest BCUT2D eigenvalue weighted by Crippen LogP contribution is 2.19. The Morgan fingerprint density at radius 2 is 1.90 bits per heavy atom. The van der Waals surface area contributed by atoms with Crippen molar-refractivity contribution in [2.75, 3.05) is 0 Å². The first-order valence-corrected chi connectivity index (χ1v) is 7.82. The number of nitrogens with one attached hydrogen (secondary N) is 2. The second-order valence-corrected chi connectivity index (χ2v) is 5.92. The van der Waals surface area contributed by atoms with E-state index in [4.69, 9.17) is 4.74 Å². The summed E-state index contributed by atoms with van der Waals surface area (Å²) in [5, 5.41) is 7.68. The van der Waals surface area contributed by atoms with Crippen molar-refractivity contribution in [3.63, 3.8) is 0 Å². The van der Waals surface area contributed by atoms with Gasteiger partial charge < -0.3 is 15.4 Å². The van der Waals surface area contributed by atoms with Crippen molar-refractivity contribution in [2.24, 2.45) is 0 Å². The molecule has 0 saturated carbocycles. The van der Waals surface area contributed by atoms with E-state index in [2.05, 4.69) is 10.6 Å². The van der Waals surface area contributed by atoms with Crippen molar-refractivity contribution in [3.05, 3.63) is 52.2 Å². The van der Waals surface area contributed by atoms with Crippen LogP contribution in [0.3, 0.4) is 0 Å². The molecule has 0 aliphatic rings. The molecule has 2 rings (SSSR count). The molecule has 1 aromatic carbocycles. The summed E-state index contributed by atoms with van der Waals surface area (Å²) in [5.74, 6) is 0.811. The maximum absolute atomic E-state index is 11.8. The molecule has 0 bridgehead atoms. The smallest absolute Gasteiger partial charge is 0.315 e. The second kappa shape index (κ2) is 7.69. The first kappa shape index (κ1) is 15.4. The molecule has 2 amide bonds. The Balaban J connectivity index is 1.83. The normalized spacial score (nSPS) is 10.4. The van der Waals surface area contributed by atoms with Crippen LogP contribution in [0.25, 0.3) is 0 Å². The van der Waals surface area contributed by atoms with Gasteiger partial charge in [-0.1, -0.05) is 24.3 Å². The van der Waals surface area contributed by atoms with E-state index in [0.29, 0.717) is 13.1 Å². The third-order valence-corrected chi connectivity index (χ3v) is 3.65. The summed E-state index contributed by atoms with van der Waals surface area (Å²) in [4.78, 5) is 12.9. The molecular formula is C16H20N2O2S. The summed E-state index contributed by atoms with van der Waals surface area (Å²) in [6.07, 6.45) is 0.110. The molecule has 0 aliphatic carbocycles. The minimum Gasteiger partial charge on any atom is -0.491 e. The molecule has 0 saturated heterocycles. The van der Waals surface area contributed by atoms with Crippen LogP contribution in [0, 0.1) is 0 Å². The number of carbonyl (C=O) groups is 1. The van der Waals surface area contributed by atoms with E-state index < -0.39 is 0 Å². The average molecular weight is 304 g/mol. The number of benzene rings is 1. The van der Waals surface area contributed by atoms with E-state index in [-0.39, 0.29) is 12.1 Å². The van der Waals surface area contributed by atoms with E-state index in [0.717, 1.165) is 16.2 Å². The van der Waals surface area contributed by atoms with Crippen LogP contribution in [0.5, 0.6) is 5.75 Å². The molecule has 4 nitrogen and oxygen atoms in total. The fraction of sp³-hybridized carbons (Fsp3) is 0.312. The van der Waals surface area contributed by atoms with Crippen LogP contribution in [0.2, 0.25) is 0 Å². The Hall–Kier alpha value is -2.01. The number of thiophene rings is 1. The van der Waals surface area contributed by atoms with Gasteiger partial charge in [0.15, 0.2) is 0 Å². The van der Waals surface area contributed by atoms with Gasteiger partial charge in [-0.25, -0.2) is 4.79 Å². The molecule has 0 aliphatic heterocycles. The highest BCUT2D eigenvalue weighted by Gasteiger charge is 2.07. The molecule has 2 N–H and O–H groups in total. The monoisotopic (exact) mass is 304 g/mol. The molecule has 0 fully saturated rings. The zero-order valence-corrected chi connectivity index (χ0v) is 13.1. The van der Waals surface area contributed by atoms with Crippen LogP contribution in [0.15, 0.2) is 41.8 Å². The van der Waals surface area contributed by atoms with Crippen LogP contribution >= 0.6 is 11.3 Å². The zero-order valence-electron chi connectivity index (χ0n) is 12.3. The lowest BCUT2D eigenvalue weighted by atomic mass is 10.2. The number of hydrogen-bond donors (Lipinski definition) is 2. The summed E-state index contributed by atoms with van der Waals surface area (Å²) in [5.41, 5.74) is 0.970. The molecule has 112 valence electrons. The van der Waals surface area contributed by atoms with Crippen molar-refractivity contribution in [2.45, 2.75) is 33.0 Å². The van der Waals surface area contributed by atoms with Gasteiger partial charge in [0.1, 0.15) is 5.75 Å². The lowest BCUT2D eigenvalue weighted by Gasteiger charge is -2.14. The van der Waals surface area contributed by atoms with Crippen LogP contribution in [0.1, 0.15) is 24.3 Å². The molecule has 5 heteroatoms. The van der Waals surface area contributed by atoms with Gasteiger partial charge in [0.05, 0.1) is 12.6 Å². The van der Waals surface area contributed by atoms with Gasteiger partial charge in [0.25, 0.3) is 0 Å². The predicted molar refractivity (Wildman–Crippen MR) is 85.6 cm³/mol. The molecule has 21 heavy (non-hydrogen) atoms. The van der Waals surface area contributed by atoms with Crippen LogP contribution in [-0.4, -0.2) is 12.1 Å². The van der Waals surface area contributed by atoms with Crippen molar-refractivity contribution in [3.8, 4) is 5.75 Å². The largest absolute Gasteiger partial charge is 0.491 e. The highest BCUT2D eigenvalue weighted by molar-refractivity contribution is 7.09. The molecule has 0 spiro atoms. The van der Waals surface area contributed by atoms with E-state index >= 15 is 0 Å². The number of hydrogen-bond acceptors (Lipinski definition) is 3. The van der Waals surface area contributed by atoms with Gasteiger partial charge >= 0.3 is 6.03 Å². The third-order valence-electron chi connectivity index (χ3n) is 2.78. The Kier molecular flexibility index (Phi) is 5.63. The SMILES string of the molecule is CC(C)Oc1ccccc1CNC(=O)NCc1cccs1. The van der Waals surface area contributed by atoms with E-state index in [9.17, 15) is 4.79 Å². The number of ether oxygens (including phenoxy) is 1. The minimum atomic E-state index is -0.178. The summed E-state index contributed by atoms with van der Waals surface area (Å²) in [6, 6.07) is 11.5. The molecule has 1 aromatic heterocycles. The summed E-state index contributed by atoms with van der Waals surface area (Å²) in [6.45, 7) is 4.96. The van der Waals surface area contributed by atoms with Crippen LogP contribution < -0.4 is 15.4 Å². The van der Waals surface area contributed by atoms with E-state index in [1.807, 2.05) is 55.6 Å². The maximum atomic E-state index is 11.8. The van der Waals surface area contributed by atoms with Crippen molar-refractivity contribution < 1.29 is 9.53 Å². The van der Waals surface area contributed by atoms with Crippen molar-refractivity contribution in [1.82, 2.24) is 10.6 Å². The van der Waals surface area contributed by atoms with Gasteiger partial charge in [-0.15, -0.1) is 11.3 Å². The summed E-state index contributed by atoms with van der Waals surface area (Å²) in [7, 11) is 0. The fourth-order valence-corrected chi connectivity index (χ4v) is 2.48. The number of carbonyl (C=O) groups excluding carboxylic acids is 1. The summed E-state index contributed by atoms with van der Waals surface area (Å²) >= 11 is 1.63. The Morgan fingerprint density at radius 3 is 2.62 bits per heavy atom. The van der Waals surface area contributed by atoms with Crippen LogP contribution in [0.4, 0.5) is 4.79 Å². The molecule has 0 unspecified atom stereocenters. The average Bonchev–Trinajstić information content (AvgIpc) is 2.97. The first-order chi connectivity index (χ1) is 10.1. The van der Waals surface area contributed by atoms with Crippen molar-refractivity contribution in [1.29, 1.82) is 0 Å². The molecule has 0 radical (unpaired) electrons.